The second kappa shape index (κ2) is 3.90. The highest BCUT2D eigenvalue weighted by molar-refractivity contribution is 5.83. The Kier molecular flexibility index (Phi) is 2.37. The molecule has 3 N–H and O–H groups in total. The third-order valence-corrected chi connectivity index (χ3v) is 3.59. The van der Waals surface area contributed by atoms with E-state index in [0.717, 1.165) is 18.5 Å². The van der Waals surface area contributed by atoms with Gasteiger partial charge in [0.1, 0.15) is 0 Å². The maximum absolute atomic E-state index is 5.58. The summed E-state index contributed by atoms with van der Waals surface area (Å²) >= 11 is 0. The molecule has 0 aliphatic heterocycles. The molecule has 0 saturated carbocycles. The average Bonchev–Trinajstić information content (AvgIpc) is 2.76. The molecule has 0 saturated heterocycles. The van der Waals surface area contributed by atoms with Crippen molar-refractivity contribution in [2.75, 3.05) is 5.43 Å². The number of benzene rings is 2. The first-order valence-electron chi connectivity index (χ1n) is 6.04. The molecule has 2 aromatic carbocycles. The van der Waals surface area contributed by atoms with Crippen LogP contribution in [0.3, 0.4) is 0 Å². The lowest BCUT2D eigenvalue weighted by atomic mass is 9.98. The lowest BCUT2D eigenvalue weighted by Gasteiger charge is -2.09. The third-order valence-electron chi connectivity index (χ3n) is 3.59. The Balaban J connectivity index is 2.27. The molecule has 2 heteroatoms. The summed E-state index contributed by atoms with van der Waals surface area (Å²) in [6.45, 7) is 2.21. The van der Waals surface area contributed by atoms with Crippen LogP contribution < -0.4 is 11.3 Å². The van der Waals surface area contributed by atoms with Gasteiger partial charge in [-0.15, -0.1) is 0 Å². The van der Waals surface area contributed by atoms with E-state index in [4.69, 9.17) is 5.84 Å². The van der Waals surface area contributed by atoms with Crippen LogP contribution in [0.4, 0.5) is 5.69 Å². The van der Waals surface area contributed by atoms with Crippen LogP contribution in [-0.2, 0) is 12.8 Å². The molecule has 86 valence electrons. The zero-order chi connectivity index (χ0) is 11.8. The molecule has 0 spiro atoms. The Morgan fingerprint density at radius 3 is 2.76 bits per heavy atom. The first kappa shape index (κ1) is 10.4. The van der Waals surface area contributed by atoms with Crippen LogP contribution >= 0.6 is 0 Å². The van der Waals surface area contributed by atoms with Crippen molar-refractivity contribution in [3.8, 4) is 11.1 Å². The van der Waals surface area contributed by atoms with Crippen molar-refractivity contribution >= 4 is 5.69 Å². The molecule has 2 nitrogen and oxygen atoms in total. The standard InChI is InChI=1S/C15H16N2/c1-2-10-5-3-6-11-9-13-12(15(10)11)7-4-8-14(13)17-16/h3-8,17H,2,9,16H2,1H3. The highest BCUT2D eigenvalue weighted by Gasteiger charge is 2.22. The molecule has 0 atom stereocenters. The second-order valence-electron chi connectivity index (χ2n) is 4.46. The fourth-order valence-electron chi connectivity index (χ4n) is 2.78. The van der Waals surface area contributed by atoms with Crippen LogP contribution in [-0.4, -0.2) is 0 Å². The van der Waals surface area contributed by atoms with Crippen LogP contribution in [0.5, 0.6) is 0 Å². The quantitative estimate of drug-likeness (QED) is 0.518. The molecule has 0 aromatic heterocycles. The van der Waals surface area contributed by atoms with Gasteiger partial charge in [-0.3, -0.25) is 5.84 Å². The van der Waals surface area contributed by atoms with Gasteiger partial charge in [0.05, 0.1) is 5.69 Å². The molecular weight excluding hydrogens is 208 g/mol. The summed E-state index contributed by atoms with van der Waals surface area (Å²) < 4.78 is 0. The van der Waals surface area contributed by atoms with E-state index in [9.17, 15) is 0 Å². The number of nitrogen functional groups attached to an aromatic ring is 1. The molecule has 0 amide bonds. The molecule has 0 radical (unpaired) electrons. The Labute approximate surface area is 101 Å². The van der Waals surface area contributed by atoms with Gasteiger partial charge in [0, 0.05) is 6.42 Å². The van der Waals surface area contributed by atoms with E-state index >= 15 is 0 Å². The van der Waals surface area contributed by atoms with Gasteiger partial charge in [0.2, 0.25) is 0 Å². The molecule has 17 heavy (non-hydrogen) atoms. The van der Waals surface area contributed by atoms with Crippen LogP contribution in [0.25, 0.3) is 11.1 Å². The van der Waals surface area contributed by atoms with E-state index < -0.39 is 0 Å². The molecule has 3 rings (SSSR count). The Morgan fingerprint density at radius 2 is 2.00 bits per heavy atom. The summed E-state index contributed by atoms with van der Waals surface area (Å²) in [7, 11) is 0. The number of hydrazine groups is 1. The van der Waals surface area contributed by atoms with E-state index in [1.54, 1.807) is 0 Å². The highest BCUT2D eigenvalue weighted by atomic mass is 15.2. The van der Waals surface area contributed by atoms with Crippen molar-refractivity contribution < 1.29 is 0 Å². The molecule has 1 aliphatic rings. The van der Waals surface area contributed by atoms with Gasteiger partial charge < -0.3 is 5.43 Å². The Bertz CT molecular complexity index is 573. The van der Waals surface area contributed by atoms with Crippen LogP contribution in [0.15, 0.2) is 36.4 Å². The fraction of sp³-hybridized carbons (Fsp3) is 0.200. The minimum absolute atomic E-state index is 0.985. The van der Waals surface area contributed by atoms with E-state index in [-0.39, 0.29) is 0 Å². The van der Waals surface area contributed by atoms with Gasteiger partial charge in [-0.2, -0.15) is 0 Å². The van der Waals surface area contributed by atoms with Gasteiger partial charge in [0.25, 0.3) is 0 Å². The number of nitrogens with two attached hydrogens (primary N) is 1. The van der Waals surface area contributed by atoms with Gasteiger partial charge in [-0.25, -0.2) is 0 Å². The minimum atomic E-state index is 0.985. The number of aryl methyl sites for hydroxylation is 1. The number of rotatable bonds is 2. The van der Waals surface area contributed by atoms with Gasteiger partial charge >= 0.3 is 0 Å². The zero-order valence-corrected chi connectivity index (χ0v) is 9.96. The van der Waals surface area contributed by atoms with Crippen molar-refractivity contribution in [1.29, 1.82) is 0 Å². The van der Waals surface area contributed by atoms with Crippen molar-refractivity contribution in [1.82, 2.24) is 0 Å². The molecule has 0 unspecified atom stereocenters. The summed E-state index contributed by atoms with van der Waals surface area (Å²) in [6, 6.07) is 12.9. The average molecular weight is 224 g/mol. The molecule has 2 aromatic rings. The number of fused-ring (bicyclic) bond motifs is 3. The zero-order valence-electron chi connectivity index (χ0n) is 9.96. The fourth-order valence-corrected chi connectivity index (χ4v) is 2.78. The monoisotopic (exact) mass is 224 g/mol. The predicted molar refractivity (Wildman–Crippen MR) is 71.9 cm³/mol. The SMILES string of the molecule is CCc1cccc2c1-c1cccc(NN)c1C2. The van der Waals surface area contributed by atoms with Crippen molar-refractivity contribution in [2.24, 2.45) is 5.84 Å². The smallest absolute Gasteiger partial charge is 0.0526 e. The third kappa shape index (κ3) is 1.45. The molecule has 1 aliphatic carbocycles. The maximum atomic E-state index is 5.58. The Morgan fingerprint density at radius 1 is 1.18 bits per heavy atom. The summed E-state index contributed by atoms with van der Waals surface area (Å²) in [6.07, 6.45) is 2.06. The molecule has 0 fully saturated rings. The summed E-state index contributed by atoms with van der Waals surface area (Å²) in [5.41, 5.74) is 10.8. The largest absolute Gasteiger partial charge is 0.324 e. The Hall–Kier alpha value is -1.80. The number of hydrogen-bond acceptors (Lipinski definition) is 2. The van der Waals surface area contributed by atoms with Gasteiger partial charge in [-0.1, -0.05) is 37.3 Å². The summed E-state index contributed by atoms with van der Waals surface area (Å²) in [5, 5.41) is 0. The van der Waals surface area contributed by atoms with Crippen molar-refractivity contribution in [2.45, 2.75) is 19.8 Å². The minimum Gasteiger partial charge on any atom is -0.324 e. The van der Waals surface area contributed by atoms with Crippen molar-refractivity contribution in [3.05, 3.63) is 53.1 Å². The molecule has 0 heterocycles. The predicted octanol–water partition coefficient (Wildman–Crippen LogP) is 3.11. The first-order valence-corrected chi connectivity index (χ1v) is 6.04. The lowest BCUT2D eigenvalue weighted by molar-refractivity contribution is 1.13. The number of hydrogen-bond donors (Lipinski definition) is 2. The number of anilines is 1. The molecular formula is C15H16N2. The topological polar surface area (TPSA) is 38.0 Å². The van der Waals surface area contributed by atoms with Crippen LogP contribution in [0, 0.1) is 0 Å². The van der Waals surface area contributed by atoms with E-state index in [1.165, 1.54) is 27.8 Å². The van der Waals surface area contributed by atoms with E-state index in [2.05, 4.69) is 42.7 Å². The molecule has 0 bridgehead atoms. The lowest BCUT2D eigenvalue weighted by Crippen LogP contribution is -2.08. The van der Waals surface area contributed by atoms with Crippen LogP contribution in [0.1, 0.15) is 23.6 Å². The van der Waals surface area contributed by atoms with Gasteiger partial charge in [0.15, 0.2) is 0 Å². The maximum Gasteiger partial charge on any atom is 0.0526 e. The summed E-state index contributed by atoms with van der Waals surface area (Å²) in [5.74, 6) is 5.58. The van der Waals surface area contributed by atoms with E-state index in [0.29, 0.717) is 0 Å². The normalized spacial score (nSPS) is 12.1. The van der Waals surface area contributed by atoms with E-state index in [1.807, 2.05) is 6.07 Å². The second-order valence-corrected chi connectivity index (χ2v) is 4.46. The highest BCUT2D eigenvalue weighted by Crippen LogP contribution is 2.41. The first-order chi connectivity index (χ1) is 8.35. The summed E-state index contributed by atoms with van der Waals surface area (Å²) in [4.78, 5) is 0. The van der Waals surface area contributed by atoms with Crippen LogP contribution in [0.2, 0.25) is 0 Å². The van der Waals surface area contributed by atoms with Crippen molar-refractivity contribution in [3.63, 3.8) is 0 Å². The van der Waals surface area contributed by atoms with Gasteiger partial charge in [-0.05, 0) is 40.3 Å². The number of nitrogens with one attached hydrogen (secondary N) is 1.